The summed E-state index contributed by atoms with van der Waals surface area (Å²) in [6.07, 6.45) is -0.980. The molecule has 0 saturated carbocycles. The fourth-order valence-corrected chi connectivity index (χ4v) is 1.41. The molecular weight excluding hydrogens is 287 g/mol. The third-order valence-corrected chi connectivity index (χ3v) is 2.45. The highest BCUT2D eigenvalue weighted by atomic mass is 19.4. The summed E-state index contributed by atoms with van der Waals surface area (Å²) in [5, 5.41) is 5.12. The number of carbonyl (C=O) groups excluding carboxylic acids is 1. The normalized spacial score (nSPS) is 11.0. The molecule has 0 spiro atoms. The summed E-state index contributed by atoms with van der Waals surface area (Å²) < 4.78 is 37.0. The molecule has 110 valence electrons. The zero-order chi connectivity index (χ0) is 15.5. The van der Waals surface area contributed by atoms with Gasteiger partial charge in [0.15, 0.2) is 0 Å². The first-order valence-electron chi connectivity index (χ1n) is 5.74. The van der Waals surface area contributed by atoms with Gasteiger partial charge in [-0.1, -0.05) is 0 Å². The van der Waals surface area contributed by atoms with Crippen LogP contribution in [0.2, 0.25) is 0 Å². The molecule has 2 N–H and O–H groups in total. The topological polar surface area (TPSA) is 79.8 Å². The van der Waals surface area contributed by atoms with Crippen molar-refractivity contribution in [2.45, 2.75) is 6.18 Å². The van der Waals surface area contributed by atoms with Gasteiger partial charge in [0.25, 0.3) is 5.91 Å². The molecule has 21 heavy (non-hydrogen) atoms. The van der Waals surface area contributed by atoms with Crippen molar-refractivity contribution in [3.63, 3.8) is 0 Å². The second-order valence-electron chi connectivity index (χ2n) is 3.92. The Bertz CT molecular complexity index is 625. The van der Waals surface area contributed by atoms with Gasteiger partial charge in [-0.15, -0.1) is 0 Å². The molecule has 0 unspecified atom stereocenters. The number of halogens is 3. The van der Waals surface area contributed by atoms with Gasteiger partial charge in [-0.05, 0) is 12.1 Å². The van der Waals surface area contributed by atoms with Gasteiger partial charge in [-0.2, -0.15) is 13.2 Å². The maximum absolute atomic E-state index is 12.3. The lowest BCUT2D eigenvalue weighted by Gasteiger charge is -2.07. The summed E-state index contributed by atoms with van der Waals surface area (Å²) in [5.41, 5.74) is -0.861. The maximum Gasteiger partial charge on any atom is 0.433 e. The van der Waals surface area contributed by atoms with Crippen LogP contribution in [-0.2, 0) is 6.18 Å². The molecule has 0 atom stereocenters. The summed E-state index contributed by atoms with van der Waals surface area (Å²) in [4.78, 5) is 22.8. The maximum atomic E-state index is 12.3. The molecule has 2 heterocycles. The highest BCUT2D eigenvalue weighted by molar-refractivity contribution is 6.02. The summed E-state index contributed by atoms with van der Waals surface area (Å²) in [6, 6.07) is 1.90. The van der Waals surface area contributed by atoms with Gasteiger partial charge in [-0.3, -0.25) is 4.79 Å². The Morgan fingerprint density at radius 3 is 2.33 bits per heavy atom. The number of pyridine rings is 1. The molecule has 0 aliphatic heterocycles. The average molecular weight is 297 g/mol. The third kappa shape index (κ3) is 3.65. The Balaban J connectivity index is 2.08. The number of anilines is 2. The number of rotatable bonds is 3. The quantitative estimate of drug-likeness (QED) is 0.907. The van der Waals surface area contributed by atoms with Crippen molar-refractivity contribution < 1.29 is 18.0 Å². The van der Waals surface area contributed by atoms with Crippen LogP contribution in [0.5, 0.6) is 0 Å². The molecule has 9 heteroatoms. The number of carbonyl (C=O) groups is 1. The predicted molar refractivity (Wildman–Crippen MR) is 68.8 cm³/mol. The first-order chi connectivity index (χ1) is 9.90. The number of aromatic nitrogens is 3. The van der Waals surface area contributed by atoms with Crippen LogP contribution in [0.15, 0.2) is 30.7 Å². The van der Waals surface area contributed by atoms with Crippen molar-refractivity contribution in [1.82, 2.24) is 15.0 Å². The molecule has 1 amide bonds. The van der Waals surface area contributed by atoms with Crippen LogP contribution < -0.4 is 10.6 Å². The number of alkyl halides is 3. The second kappa shape index (κ2) is 5.73. The summed E-state index contributed by atoms with van der Waals surface area (Å²) >= 11 is 0. The Labute approximate surface area is 117 Å². The second-order valence-corrected chi connectivity index (χ2v) is 3.92. The minimum absolute atomic E-state index is 0.0360. The van der Waals surface area contributed by atoms with E-state index in [1.807, 2.05) is 0 Å². The van der Waals surface area contributed by atoms with Gasteiger partial charge in [0.1, 0.15) is 17.2 Å². The smallest absolute Gasteiger partial charge is 0.372 e. The largest absolute Gasteiger partial charge is 0.433 e. The van der Waals surface area contributed by atoms with Crippen LogP contribution in [0.1, 0.15) is 16.2 Å². The summed E-state index contributed by atoms with van der Waals surface area (Å²) in [7, 11) is 1.65. The average Bonchev–Trinajstić information content (AvgIpc) is 2.47. The Hall–Kier alpha value is -2.71. The van der Waals surface area contributed by atoms with E-state index in [1.165, 1.54) is 12.4 Å². The number of nitrogens with one attached hydrogen (secondary N) is 2. The minimum atomic E-state index is -4.52. The van der Waals surface area contributed by atoms with Crippen molar-refractivity contribution in [1.29, 1.82) is 0 Å². The predicted octanol–water partition coefficient (Wildman–Crippen LogP) is 2.18. The van der Waals surface area contributed by atoms with Crippen molar-refractivity contribution in [2.24, 2.45) is 0 Å². The van der Waals surface area contributed by atoms with Gasteiger partial charge in [0.05, 0.1) is 24.3 Å². The lowest BCUT2D eigenvalue weighted by molar-refractivity contribution is -0.141. The van der Waals surface area contributed by atoms with Crippen LogP contribution in [0, 0.1) is 0 Å². The third-order valence-electron chi connectivity index (χ3n) is 2.45. The Morgan fingerprint density at radius 1 is 1.10 bits per heavy atom. The molecule has 2 aromatic rings. The molecule has 2 rings (SSSR count). The molecule has 2 aromatic heterocycles. The van der Waals surface area contributed by atoms with Crippen molar-refractivity contribution in [3.8, 4) is 0 Å². The first-order valence-corrected chi connectivity index (χ1v) is 5.74. The van der Waals surface area contributed by atoms with E-state index in [-0.39, 0.29) is 11.4 Å². The Kier molecular flexibility index (Phi) is 4.01. The highest BCUT2D eigenvalue weighted by Crippen LogP contribution is 2.27. The van der Waals surface area contributed by atoms with E-state index < -0.39 is 17.8 Å². The highest BCUT2D eigenvalue weighted by Gasteiger charge is 2.32. The van der Waals surface area contributed by atoms with E-state index in [0.717, 1.165) is 18.3 Å². The fraction of sp³-hybridized carbons (Fsp3) is 0.167. The molecule has 0 aromatic carbocycles. The lowest BCUT2D eigenvalue weighted by Crippen LogP contribution is -2.15. The van der Waals surface area contributed by atoms with E-state index in [2.05, 4.69) is 25.6 Å². The van der Waals surface area contributed by atoms with Crippen LogP contribution in [0.4, 0.5) is 24.7 Å². The van der Waals surface area contributed by atoms with E-state index in [4.69, 9.17) is 0 Å². The SMILES string of the molecule is CNc1cnc(C(=O)Nc2ccc(C(F)(F)F)nc2)cn1. The standard InChI is InChI=1S/C12H10F3N5O/c1-16-10-6-17-8(5-19-10)11(21)20-7-2-3-9(18-4-7)12(13,14)15/h2-6H,1H3,(H,16,19)(H,20,21). The van der Waals surface area contributed by atoms with Crippen LogP contribution in [0.3, 0.4) is 0 Å². The number of hydrogen-bond donors (Lipinski definition) is 2. The van der Waals surface area contributed by atoms with E-state index >= 15 is 0 Å². The monoisotopic (exact) mass is 297 g/mol. The van der Waals surface area contributed by atoms with Gasteiger partial charge >= 0.3 is 6.18 Å². The number of hydrogen-bond acceptors (Lipinski definition) is 5. The van der Waals surface area contributed by atoms with Gasteiger partial charge in [-0.25, -0.2) is 15.0 Å². The van der Waals surface area contributed by atoms with Crippen LogP contribution >= 0.6 is 0 Å². The zero-order valence-electron chi connectivity index (χ0n) is 10.8. The molecule has 0 aliphatic rings. The van der Waals surface area contributed by atoms with E-state index in [1.54, 1.807) is 7.05 Å². The summed E-state index contributed by atoms with van der Waals surface area (Å²) in [5.74, 6) is -0.102. The molecule has 0 radical (unpaired) electrons. The minimum Gasteiger partial charge on any atom is -0.372 e. The lowest BCUT2D eigenvalue weighted by atomic mass is 10.3. The molecular formula is C12H10F3N5O. The van der Waals surface area contributed by atoms with Gasteiger partial charge in [0.2, 0.25) is 0 Å². The summed E-state index contributed by atoms with van der Waals surface area (Å²) in [6.45, 7) is 0. The van der Waals surface area contributed by atoms with Crippen molar-refractivity contribution in [3.05, 3.63) is 42.1 Å². The van der Waals surface area contributed by atoms with Crippen LogP contribution in [0.25, 0.3) is 0 Å². The van der Waals surface area contributed by atoms with Gasteiger partial charge < -0.3 is 10.6 Å². The van der Waals surface area contributed by atoms with Crippen LogP contribution in [-0.4, -0.2) is 27.9 Å². The molecule has 0 fully saturated rings. The number of nitrogens with zero attached hydrogens (tertiary/aromatic N) is 3. The molecule has 6 nitrogen and oxygen atoms in total. The molecule has 0 saturated heterocycles. The first kappa shape index (κ1) is 14.7. The van der Waals surface area contributed by atoms with Crippen molar-refractivity contribution in [2.75, 3.05) is 17.7 Å². The van der Waals surface area contributed by atoms with E-state index in [0.29, 0.717) is 5.82 Å². The van der Waals surface area contributed by atoms with Crippen molar-refractivity contribution >= 4 is 17.4 Å². The van der Waals surface area contributed by atoms with Gasteiger partial charge in [0, 0.05) is 7.05 Å². The Morgan fingerprint density at radius 2 is 1.86 bits per heavy atom. The molecule has 0 bridgehead atoms. The number of amides is 1. The van der Waals surface area contributed by atoms with E-state index in [9.17, 15) is 18.0 Å². The molecule has 0 aliphatic carbocycles. The zero-order valence-corrected chi connectivity index (χ0v) is 10.8. The fourth-order valence-electron chi connectivity index (χ4n) is 1.41.